The van der Waals surface area contributed by atoms with E-state index in [1.54, 1.807) is 54.1 Å². The van der Waals surface area contributed by atoms with Crippen molar-refractivity contribution in [3.05, 3.63) is 80.8 Å². The molecule has 0 fully saturated rings. The largest absolute Gasteiger partial charge is 0.507 e. The number of aromatic hydroxyl groups is 2. The summed E-state index contributed by atoms with van der Waals surface area (Å²) in [6.07, 6.45) is 3.36. The summed E-state index contributed by atoms with van der Waals surface area (Å²) in [6, 6.07) is 12.5. The highest BCUT2D eigenvalue weighted by molar-refractivity contribution is 6.00. The Bertz CT molecular complexity index is 1930. The first-order chi connectivity index (χ1) is 18.2. The highest BCUT2D eigenvalue weighted by Crippen LogP contribution is 2.42. The normalized spacial score (nSPS) is 17.0. The molecule has 0 amide bonds. The smallest absolute Gasteiger partial charge is 0.336 e. The van der Waals surface area contributed by atoms with Crippen LogP contribution in [0.3, 0.4) is 0 Å². The fourth-order valence-corrected chi connectivity index (χ4v) is 4.89. The molecule has 192 valence electrons. The van der Waals surface area contributed by atoms with Crippen molar-refractivity contribution >= 4 is 38.9 Å². The van der Waals surface area contributed by atoms with Gasteiger partial charge in [-0.15, -0.1) is 0 Å². The molecule has 0 aliphatic carbocycles. The summed E-state index contributed by atoms with van der Waals surface area (Å²) in [7, 11) is 3.26. The predicted molar refractivity (Wildman–Crippen MR) is 143 cm³/mol. The average molecular weight is 514 g/mol. The van der Waals surface area contributed by atoms with E-state index in [0.29, 0.717) is 44.6 Å². The van der Waals surface area contributed by atoms with Crippen LogP contribution in [-0.4, -0.2) is 34.1 Å². The van der Waals surface area contributed by atoms with Gasteiger partial charge in [0, 0.05) is 30.6 Å². The zero-order valence-corrected chi connectivity index (χ0v) is 20.8. The number of methoxy groups -OCH3 is 1. The van der Waals surface area contributed by atoms with Crippen LogP contribution >= 0.6 is 0 Å². The van der Waals surface area contributed by atoms with Gasteiger partial charge in [0.2, 0.25) is 5.43 Å². The van der Waals surface area contributed by atoms with Gasteiger partial charge < -0.3 is 33.4 Å². The molecule has 2 aromatic heterocycles. The van der Waals surface area contributed by atoms with Gasteiger partial charge in [-0.3, -0.25) is 4.79 Å². The third-order valence-corrected chi connectivity index (χ3v) is 6.82. The second-order valence-corrected chi connectivity index (χ2v) is 9.43. The SMILES string of the molecule is COc1cc(O)c2c(=O)c3ccc4c(c3n(C)c2c1)OC[C@@](C)(/C=C/c1c(O)ccc2ccc(=O)oc12)O4. The molecule has 2 N–H and O–H groups in total. The zero-order chi connectivity index (χ0) is 26.8. The molecule has 0 unspecified atom stereocenters. The summed E-state index contributed by atoms with van der Waals surface area (Å²) < 4.78 is 24.9. The Morgan fingerprint density at radius 2 is 1.84 bits per heavy atom. The number of nitrogens with zero attached hydrogens (tertiary/aromatic N) is 1. The second-order valence-electron chi connectivity index (χ2n) is 9.43. The average Bonchev–Trinajstić information content (AvgIpc) is 2.90. The van der Waals surface area contributed by atoms with E-state index < -0.39 is 11.2 Å². The van der Waals surface area contributed by atoms with Crippen LogP contribution < -0.4 is 25.3 Å². The van der Waals surface area contributed by atoms with E-state index in [1.165, 1.54) is 25.3 Å². The number of fused-ring (bicyclic) bond motifs is 5. The first-order valence-electron chi connectivity index (χ1n) is 11.8. The number of benzene rings is 3. The third-order valence-electron chi connectivity index (χ3n) is 6.82. The molecule has 3 aromatic carbocycles. The molecule has 38 heavy (non-hydrogen) atoms. The first kappa shape index (κ1) is 23.5. The lowest BCUT2D eigenvalue weighted by Crippen LogP contribution is -2.40. The molecule has 0 saturated carbocycles. The predicted octanol–water partition coefficient (Wildman–Crippen LogP) is 4.46. The van der Waals surface area contributed by atoms with Crippen molar-refractivity contribution in [2.24, 2.45) is 7.05 Å². The van der Waals surface area contributed by atoms with Gasteiger partial charge in [0.25, 0.3) is 0 Å². The Morgan fingerprint density at radius 3 is 2.63 bits per heavy atom. The number of rotatable bonds is 3. The van der Waals surface area contributed by atoms with Crippen LogP contribution in [0.4, 0.5) is 0 Å². The maximum atomic E-state index is 13.3. The molecule has 1 atom stereocenters. The van der Waals surface area contributed by atoms with Crippen molar-refractivity contribution in [3.63, 3.8) is 0 Å². The van der Waals surface area contributed by atoms with Gasteiger partial charge in [0.05, 0.1) is 34.5 Å². The lowest BCUT2D eigenvalue weighted by atomic mass is 10.0. The Balaban J connectivity index is 1.45. The van der Waals surface area contributed by atoms with E-state index in [-0.39, 0.29) is 34.5 Å². The van der Waals surface area contributed by atoms with Gasteiger partial charge in [0.1, 0.15) is 29.4 Å². The molecule has 0 spiro atoms. The zero-order valence-electron chi connectivity index (χ0n) is 20.8. The number of hydrogen-bond donors (Lipinski definition) is 2. The van der Waals surface area contributed by atoms with E-state index in [2.05, 4.69) is 0 Å². The summed E-state index contributed by atoms with van der Waals surface area (Å²) in [5.41, 5.74) is -0.184. The van der Waals surface area contributed by atoms with Gasteiger partial charge >= 0.3 is 5.63 Å². The molecule has 9 nitrogen and oxygen atoms in total. The van der Waals surface area contributed by atoms with E-state index in [1.807, 2.05) is 6.92 Å². The number of hydrogen-bond acceptors (Lipinski definition) is 8. The molecule has 5 aromatic rings. The van der Waals surface area contributed by atoms with Crippen molar-refractivity contribution in [2.75, 3.05) is 13.7 Å². The third kappa shape index (κ3) is 3.54. The number of aryl methyl sites for hydroxylation is 1. The highest BCUT2D eigenvalue weighted by Gasteiger charge is 2.33. The van der Waals surface area contributed by atoms with Crippen LogP contribution in [0.15, 0.2) is 68.6 Å². The van der Waals surface area contributed by atoms with Crippen LogP contribution in [0.25, 0.3) is 38.9 Å². The van der Waals surface area contributed by atoms with Crippen LogP contribution in [0.5, 0.6) is 28.7 Å². The van der Waals surface area contributed by atoms with Gasteiger partial charge in [-0.25, -0.2) is 4.79 Å². The highest BCUT2D eigenvalue weighted by atomic mass is 16.6. The minimum atomic E-state index is -0.943. The van der Waals surface area contributed by atoms with Crippen molar-refractivity contribution in [2.45, 2.75) is 12.5 Å². The summed E-state index contributed by atoms with van der Waals surface area (Å²) >= 11 is 0. The van der Waals surface area contributed by atoms with Crippen molar-refractivity contribution < 1.29 is 28.8 Å². The Labute approximate surface area is 215 Å². The van der Waals surface area contributed by atoms with Crippen LogP contribution in [-0.2, 0) is 7.05 Å². The fourth-order valence-electron chi connectivity index (χ4n) is 4.89. The number of ether oxygens (including phenoxy) is 3. The van der Waals surface area contributed by atoms with Crippen molar-refractivity contribution in [1.29, 1.82) is 0 Å². The van der Waals surface area contributed by atoms with Gasteiger partial charge in [-0.05, 0) is 49.4 Å². The summed E-state index contributed by atoms with van der Waals surface area (Å²) in [5, 5.41) is 22.2. The molecule has 0 bridgehead atoms. The Morgan fingerprint density at radius 1 is 1.05 bits per heavy atom. The van der Waals surface area contributed by atoms with Crippen LogP contribution in [0.2, 0.25) is 0 Å². The number of aromatic nitrogens is 1. The minimum absolute atomic E-state index is 0.0459. The number of pyridine rings is 1. The second kappa shape index (κ2) is 8.31. The first-order valence-corrected chi connectivity index (χ1v) is 11.8. The molecule has 0 saturated heterocycles. The number of phenolic OH excluding ortho intramolecular Hbond substituents is 2. The van der Waals surface area contributed by atoms with E-state index >= 15 is 0 Å². The number of phenols is 2. The Kier molecular flexibility index (Phi) is 5.13. The topological polar surface area (TPSA) is 120 Å². The molecular formula is C29H23NO8. The lowest BCUT2D eigenvalue weighted by Gasteiger charge is -2.34. The Hall–Kier alpha value is -4.92. The monoisotopic (exact) mass is 513 g/mol. The van der Waals surface area contributed by atoms with Crippen LogP contribution in [0.1, 0.15) is 12.5 Å². The summed E-state index contributed by atoms with van der Waals surface area (Å²) in [5.74, 6) is 1.02. The molecule has 0 radical (unpaired) electrons. The van der Waals surface area contributed by atoms with Crippen LogP contribution in [0, 0.1) is 0 Å². The molecule has 1 aliphatic heterocycles. The standard InChI is InChI=1S/C29H23NO8/c1-29(11-10-17-20(31)7-4-15-5-9-23(33)37-27(15)17)14-36-28-22(38-29)8-6-18-25(28)30(2)19-12-16(35-3)13-21(32)24(19)26(18)34/h4-13,31-32H,14H2,1-3H3/b11-10+/t29-/m1/s1. The maximum absolute atomic E-state index is 13.3. The van der Waals surface area contributed by atoms with Gasteiger partial charge in [-0.2, -0.15) is 0 Å². The van der Waals surface area contributed by atoms with E-state index in [4.69, 9.17) is 18.6 Å². The quantitative estimate of drug-likeness (QED) is 0.268. The summed E-state index contributed by atoms with van der Waals surface area (Å²) in [4.78, 5) is 25.1. The lowest BCUT2D eigenvalue weighted by molar-refractivity contribution is 0.0461. The molecule has 1 aliphatic rings. The van der Waals surface area contributed by atoms with E-state index in [0.717, 1.165) is 0 Å². The minimum Gasteiger partial charge on any atom is -0.507 e. The van der Waals surface area contributed by atoms with Crippen molar-refractivity contribution in [1.82, 2.24) is 4.57 Å². The van der Waals surface area contributed by atoms with Crippen molar-refractivity contribution in [3.8, 4) is 28.7 Å². The molecule has 6 rings (SSSR count). The summed E-state index contributed by atoms with van der Waals surface area (Å²) in [6.45, 7) is 1.91. The fraction of sp³-hybridized carbons (Fsp3) is 0.172. The maximum Gasteiger partial charge on any atom is 0.336 e. The van der Waals surface area contributed by atoms with E-state index in [9.17, 15) is 19.8 Å². The molecule has 9 heteroatoms. The molecular weight excluding hydrogens is 490 g/mol. The van der Waals surface area contributed by atoms with Gasteiger partial charge in [0.15, 0.2) is 17.1 Å². The van der Waals surface area contributed by atoms with Gasteiger partial charge in [-0.1, -0.05) is 0 Å². The molecule has 3 heterocycles.